The van der Waals surface area contributed by atoms with Gasteiger partial charge in [-0.05, 0) is 57.1 Å². The second-order valence-electron chi connectivity index (χ2n) is 7.15. The molecule has 1 aromatic rings. The van der Waals surface area contributed by atoms with Crippen molar-refractivity contribution in [1.82, 2.24) is 4.31 Å². The molecule has 0 bridgehead atoms. The van der Waals surface area contributed by atoms with Gasteiger partial charge < -0.3 is 14.4 Å². The summed E-state index contributed by atoms with van der Waals surface area (Å²) in [4.78, 5) is 15.9. The second kappa shape index (κ2) is 12.5. The van der Waals surface area contributed by atoms with Crippen LogP contribution >= 0.6 is 23.7 Å². The fraction of sp³-hybridized carbons (Fsp3) is 0.591. The van der Waals surface area contributed by atoms with Gasteiger partial charge in [-0.3, -0.25) is 0 Å². The van der Waals surface area contributed by atoms with Gasteiger partial charge in [0.05, 0.1) is 22.1 Å². The average Bonchev–Trinajstić information content (AvgIpc) is 2.86. The van der Waals surface area contributed by atoms with E-state index in [1.54, 1.807) is 18.9 Å². The third kappa shape index (κ3) is 6.56. The Labute approximate surface area is 188 Å². The molecular formula is C22H33FN2O3S2. The van der Waals surface area contributed by atoms with Gasteiger partial charge in [-0.25, -0.2) is 9.10 Å². The summed E-state index contributed by atoms with van der Waals surface area (Å²) in [5.41, 5.74) is 1.18. The predicted molar refractivity (Wildman–Crippen MR) is 124 cm³/mol. The number of thioether (sulfide) groups is 1. The van der Waals surface area contributed by atoms with E-state index in [0.717, 1.165) is 42.0 Å². The standard InChI is InChI=1S/C22H33FN2O3S2/c1-6-9-10-16-14-25(11-7-2)18-12-21(29-5)19(13-20(18)30-24(16)4)28-15-17(23)22(26)27-8-3/h12-13,15-16H,6-11,14H2,1-5H3/b17-15-. The summed E-state index contributed by atoms with van der Waals surface area (Å²) in [5.74, 6) is -1.53. The van der Waals surface area contributed by atoms with Crippen LogP contribution in [0.1, 0.15) is 46.5 Å². The highest BCUT2D eigenvalue weighted by atomic mass is 32.2. The number of esters is 1. The number of anilines is 1. The van der Waals surface area contributed by atoms with Crippen LogP contribution in [0.25, 0.3) is 0 Å². The van der Waals surface area contributed by atoms with Crippen molar-refractivity contribution in [2.24, 2.45) is 0 Å². The molecule has 0 aliphatic carbocycles. The van der Waals surface area contributed by atoms with Gasteiger partial charge in [-0.2, -0.15) is 4.39 Å². The third-order valence-electron chi connectivity index (χ3n) is 4.92. The first-order valence-corrected chi connectivity index (χ1v) is 12.5. The van der Waals surface area contributed by atoms with Crippen LogP contribution in [-0.2, 0) is 9.53 Å². The SMILES string of the molecule is CCCCC1CN(CCC)c2cc(SC)c(O/C=C(\F)C(=O)OCC)cc2SN1C. The van der Waals surface area contributed by atoms with Gasteiger partial charge in [0.2, 0.25) is 5.83 Å². The van der Waals surface area contributed by atoms with Gasteiger partial charge in [0.25, 0.3) is 0 Å². The maximum atomic E-state index is 13.9. The Hall–Kier alpha value is -1.38. The van der Waals surface area contributed by atoms with Gasteiger partial charge in [-0.1, -0.05) is 26.7 Å². The van der Waals surface area contributed by atoms with Crippen molar-refractivity contribution >= 4 is 35.4 Å². The quantitative estimate of drug-likeness (QED) is 0.143. The lowest BCUT2D eigenvalue weighted by molar-refractivity contribution is -0.140. The summed E-state index contributed by atoms with van der Waals surface area (Å²) >= 11 is 3.24. The molecule has 1 unspecified atom stereocenters. The minimum absolute atomic E-state index is 0.116. The van der Waals surface area contributed by atoms with Gasteiger partial charge in [0, 0.05) is 19.1 Å². The second-order valence-corrected chi connectivity index (χ2v) is 9.20. The summed E-state index contributed by atoms with van der Waals surface area (Å²) in [6.45, 7) is 8.13. The number of unbranched alkanes of at least 4 members (excludes halogenated alkanes) is 1. The molecule has 0 N–H and O–H groups in total. The molecule has 0 fully saturated rings. The van der Waals surface area contributed by atoms with E-state index in [0.29, 0.717) is 11.8 Å². The normalized spacial score (nSPS) is 17.5. The van der Waals surface area contributed by atoms with Crippen LogP contribution in [0.5, 0.6) is 5.75 Å². The number of fused-ring (bicyclic) bond motifs is 1. The van der Waals surface area contributed by atoms with Crippen LogP contribution in [0.4, 0.5) is 10.1 Å². The number of hydrogen-bond acceptors (Lipinski definition) is 7. The first kappa shape index (κ1) is 24.9. The molecule has 1 aliphatic rings. The van der Waals surface area contributed by atoms with Crippen LogP contribution in [0.3, 0.4) is 0 Å². The lowest BCUT2D eigenvalue weighted by Crippen LogP contribution is -2.38. The first-order chi connectivity index (χ1) is 14.4. The average molecular weight is 457 g/mol. The van der Waals surface area contributed by atoms with E-state index >= 15 is 0 Å². The lowest BCUT2D eigenvalue weighted by Gasteiger charge is -2.29. The highest BCUT2D eigenvalue weighted by Gasteiger charge is 2.27. The van der Waals surface area contributed by atoms with E-state index in [2.05, 4.69) is 40.9 Å². The maximum Gasteiger partial charge on any atom is 0.370 e. The smallest absolute Gasteiger partial charge is 0.370 e. The summed E-state index contributed by atoms with van der Waals surface area (Å²) in [7, 11) is 2.13. The zero-order chi connectivity index (χ0) is 22.1. The third-order valence-corrected chi connectivity index (χ3v) is 6.79. The Kier molecular flexibility index (Phi) is 10.3. The zero-order valence-electron chi connectivity index (χ0n) is 18.6. The topological polar surface area (TPSA) is 42.0 Å². The highest BCUT2D eigenvalue weighted by molar-refractivity contribution is 7.98. The Balaban J connectivity index is 2.36. The van der Waals surface area contributed by atoms with E-state index in [4.69, 9.17) is 4.74 Å². The first-order valence-electron chi connectivity index (χ1n) is 10.5. The molecule has 168 valence electrons. The van der Waals surface area contributed by atoms with Crippen molar-refractivity contribution < 1.29 is 18.7 Å². The Bertz CT molecular complexity index is 745. The maximum absolute atomic E-state index is 13.9. The van der Waals surface area contributed by atoms with Gasteiger partial charge >= 0.3 is 5.97 Å². The Morgan fingerprint density at radius 1 is 1.33 bits per heavy atom. The van der Waals surface area contributed by atoms with Crippen molar-refractivity contribution in [2.75, 3.05) is 37.9 Å². The monoisotopic (exact) mass is 456 g/mol. The number of hydrogen-bond donors (Lipinski definition) is 0. The number of ether oxygens (including phenoxy) is 2. The Morgan fingerprint density at radius 2 is 2.10 bits per heavy atom. The number of nitrogens with zero attached hydrogens (tertiary/aromatic N) is 2. The Morgan fingerprint density at radius 3 is 2.73 bits per heavy atom. The van der Waals surface area contributed by atoms with Crippen LogP contribution in [0.2, 0.25) is 0 Å². The molecule has 2 rings (SSSR count). The fourth-order valence-electron chi connectivity index (χ4n) is 3.36. The van der Waals surface area contributed by atoms with Crippen molar-refractivity contribution in [3.05, 3.63) is 24.2 Å². The minimum Gasteiger partial charge on any atom is -0.461 e. The van der Waals surface area contributed by atoms with Crippen molar-refractivity contribution in [3.63, 3.8) is 0 Å². The number of carbonyl (C=O) groups is 1. The molecule has 0 radical (unpaired) electrons. The molecule has 1 aromatic carbocycles. The van der Waals surface area contributed by atoms with E-state index in [1.165, 1.54) is 30.3 Å². The number of benzene rings is 1. The zero-order valence-corrected chi connectivity index (χ0v) is 20.2. The molecule has 0 saturated carbocycles. The van der Waals surface area contributed by atoms with Crippen LogP contribution in [0.15, 0.2) is 34.0 Å². The van der Waals surface area contributed by atoms with Gasteiger partial charge in [0.1, 0.15) is 12.0 Å². The summed E-state index contributed by atoms with van der Waals surface area (Å²) in [5, 5.41) is 0. The fourth-order valence-corrected chi connectivity index (χ4v) is 4.97. The molecule has 8 heteroatoms. The summed E-state index contributed by atoms with van der Waals surface area (Å²) in [6.07, 6.45) is 7.40. The van der Waals surface area contributed by atoms with E-state index in [9.17, 15) is 9.18 Å². The van der Waals surface area contributed by atoms with Crippen molar-refractivity contribution in [3.8, 4) is 5.75 Å². The number of halogens is 1. The van der Waals surface area contributed by atoms with Crippen molar-refractivity contribution in [1.29, 1.82) is 0 Å². The predicted octanol–water partition coefficient (Wildman–Crippen LogP) is 5.89. The minimum atomic E-state index is -1.05. The molecule has 0 amide bonds. The number of rotatable bonds is 10. The lowest BCUT2D eigenvalue weighted by atomic mass is 10.1. The molecular weight excluding hydrogens is 423 g/mol. The van der Waals surface area contributed by atoms with Crippen LogP contribution in [-0.4, -0.2) is 49.3 Å². The molecule has 0 spiro atoms. The summed E-state index contributed by atoms with van der Waals surface area (Å²) < 4.78 is 26.5. The molecule has 1 atom stereocenters. The van der Waals surface area contributed by atoms with E-state index in [-0.39, 0.29) is 6.61 Å². The largest absolute Gasteiger partial charge is 0.461 e. The van der Waals surface area contributed by atoms with Gasteiger partial charge in [0.15, 0.2) is 0 Å². The highest BCUT2D eigenvalue weighted by Crippen LogP contribution is 2.43. The van der Waals surface area contributed by atoms with E-state index in [1.807, 2.05) is 12.3 Å². The number of likely N-dealkylation sites (N-methyl/N-ethyl adjacent to an activating group) is 1. The van der Waals surface area contributed by atoms with Crippen molar-refractivity contribution in [2.45, 2.75) is 62.3 Å². The molecule has 5 nitrogen and oxygen atoms in total. The van der Waals surface area contributed by atoms with E-state index < -0.39 is 11.8 Å². The number of carbonyl (C=O) groups excluding carboxylic acids is 1. The molecule has 0 aromatic heterocycles. The molecule has 1 heterocycles. The van der Waals surface area contributed by atoms with Gasteiger partial charge in [-0.15, -0.1) is 11.8 Å². The van der Waals surface area contributed by atoms with Crippen LogP contribution in [0, 0.1) is 0 Å². The summed E-state index contributed by atoms with van der Waals surface area (Å²) in [6, 6.07) is 4.52. The molecule has 0 saturated heterocycles. The van der Waals surface area contributed by atoms with Crippen LogP contribution < -0.4 is 9.64 Å². The molecule has 30 heavy (non-hydrogen) atoms. The molecule has 1 aliphatic heterocycles.